The molecule has 238 valence electrons. The molecule has 0 fully saturated rings. The first-order valence-corrected chi connectivity index (χ1v) is 16.6. The van der Waals surface area contributed by atoms with Gasteiger partial charge in [0.2, 0.25) is 0 Å². The summed E-state index contributed by atoms with van der Waals surface area (Å²) in [7, 11) is 2.21. The second-order valence-electron chi connectivity index (χ2n) is 13.5. The predicted octanol–water partition coefficient (Wildman–Crippen LogP) is 10.1. The Morgan fingerprint density at radius 1 is 0.717 bits per heavy atom. The van der Waals surface area contributed by atoms with Gasteiger partial charge in [-0.15, -0.1) is 0 Å². The largest absolute Gasteiger partial charge is 0.481 e. The molecule has 0 atom stereocenters. The number of hydrogen-bond acceptors (Lipinski definition) is 2. The van der Waals surface area contributed by atoms with Crippen molar-refractivity contribution in [3.63, 3.8) is 0 Å². The summed E-state index contributed by atoms with van der Waals surface area (Å²) in [6.45, 7) is 9.63. The summed E-state index contributed by atoms with van der Waals surface area (Å²) in [5.41, 5.74) is 8.21. The number of aromatic nitrogens is 1. The fourth-order valence-electron chi connectivity index (χ4n) is 6.50. The van der Waals surface area contributed by atoms with Crippen molar-refractivity contribution in [2.24, 2.45) is 11.8 Å². The Morgan fingerprint density at radius 2 is 1.30 bits per heavy atom. The Labute approximate surface area is 273 Å². The van der Waals surface area contributed by atoms with Gasteiger partial charge in [-0.2, -0.15) is 0 Å². The molecule has 1 heterocycles. The van der Waals surface area contributed by atoms with E-state index in [1.807, 2.05) is 48.7 Å². The molecule has 0 aliphatic heterocycles. The molecule has 0 aliphatic rings. The molecular formula is C41H47N2O3+. The van der Waals surface area contributed by atoms with Crippen LogP contribution in [0.15, 0.2) is 103 Å². The summed E-state index contributed by atoms with van der Waals surface area (Å²) < 4.78 is 2.52. The Morgan fingerprint density at radius 3 is 1.87 bits per heavy atom. The summed E-state index contributed by atoms with van der Waals surface area (Å²) >= 11 is 0. The molecule has 5 heteroatoms. The molecular weight excluding hydrogens is 568 g/mol. The molecule has 46 heavy (non-hydrogen) atoms. The number of quaternary nitrogens is 1. The molecule has 5 aromatic rings. The molecule has 5 rings (SSSR count). The first-order chi connectivity index (χ1) is 22.1. The Balaban J connectivity index is 1.54. The SMILES string of the molecule is CC(C)Cc1ccc([N+](C)(c2ccc(CC(C)C)cc2)c2cccc(C(=O)c3cn(CCCCC(=O)O)c4ccccc34)c2)cc1. The van der Waals surface area contributed by atoms with Gasteiger partial charge in [0.05, 0.1) is 7.05 Å². The lowest BCUT2D eigenvalue weighted by Crippen LogP contribution is -2.34. The van der Waals surface area contributed by atoms with E-state index >= 15 is 0 Å². The average molecular weight is 616 g/mol. The van der Waals surface area contributed by atoms with Crippen LogP contribution in [0.4, 0.5) is 17.1 Å². The van der Waals surface area contributed by atoms with Crippen LogP contribution in [0.5, 0.6) is 0 Å². The highest BCUT2D eigenvalue weighted by molar-refractivity contribution is 6.16. The highest BCUT2D eigenvalue weighted by Crippen LogP contribution is 2.43. The van der Waals surface area contributed by atoms with Gasteiger partial charge in [-0.1, -0.05) is 82.3 Å². The number of hydrogen-bond donors (Lipinski definition) is 1. The van der Waals surface area contributed by atoms with Crippen LogP contribution in [0.2, 0.25) is 0 Å². The van der Waals surface area contributed by atoms with Crippen LogP contribution < -0.4 is 4.48 Å². The van der Waals surface area contributed by atoms with Crippen molar-refractivity contribution >= 4 is 39.7 Å². The van der Waals surface area contributed by atoms with E-state index in [-0.39, 0.29) is 12.2 Å². The standard InChI is InChI=1S/C41H46N2O3/c1-29(2)25-31-16-20-34(21-17-31)43(5,35-22-18-32(19-23-35)26-30(3)4)36-12-10-11-33(27-36)41(46)38-28-42(24-9-8-15-40(44)45)39-14-7-6-13-37(38)39/h6-7,10-14,16-23,27-30H,8-9,15,24-26H2,1-5H3/p+1. The maximum Gasteiger partial charge on any atom is 0.303 e. The third-order valence-electron chi connectivity index (χ3n) is 8.89. The lowest BCUT2D eigenvalue weighted by molar-refractivity contribution is -0.137. The average Bonchev–Trinajstić information content (AvgIpc) is 3.41. The van der Waals surface area contributed by atoms with E-state index in [4.69, 9.17) is 5.11 Å². The predicted molar refractivity (Wildman–Crippen MR) is 190 cm³/mol. The van der Waals surface area contributed by atoms with E-state index in [1.54, 1.807) is 0 Å². The number of carbonyl (C=O) groups is 2. The number of aliphatic carboxylic acids is 1. The van der Waals surface area contributed by atoms with Gasteiger partial charge in [0, 0.05) is 77.6 Å². The minimum atomic E-state index is -0.781. The number of carbonyl (C=O) groups excluding carboxylic acids is 1. The molecule has 1 aromatic heterocycles. The number of nitrogens with zero attached hydrogens (tertiary/aromatic N) is 2. The lowest BCUT2D eigenvalue weighted by Gasteiger charge is -2.34. The zero-order chi connectivity index (χ0) is 32.8. The van der Waals surface area contributed by atoms with Crippen LogP contribution in [-0.4, -0.2) is 28.5 Å². The fraction of sp³-hybridized carbons (Fsp3) is 0.317. The number of para-hydroxylation sites is 1. The summed E-state index contributed by atoms with van der Waals surface area (Å²) in [5.74, 6) is 0.363. The van der Waals surface area contributed by atoms with Gasteiger partial charge < -0.3 is 9.67 Å². The molecule has 0 amide bonds. The summed E-state index contributed by atoms with van der Waals surface area (Å²) in [4.78, 5) is 25.2. The number of carboxylic acid groups (broad SMARTS) is 1. The normalized spacial score (nSPS) is 11.9. The van der Waals surface area contributed by atoms with E-state index < -0.39 is 5.97 Å². The Bertz CT molecular complexity index is 1740. The van der Waals surface area contributed by atoms with Crippen LogP contribution >= 0.6 is 0 Å². The van der Waals surface area contributed by atoms with Gasteiger partial charge >= 0.3 is 5.97 Å². The van der Waals surface area contributed by atoms with Crippen molar-refractivity contribution in [3.05, 3.63) is 126 Å². The number of carboxylic acids is 1. The fourth-order valence-corrected chi connectivity index (χ4v) is 6.50. The van der Waals surface area contributed by atoms with Crippen molar-refractivity contribution in [1.82, 2.24) is 9.05 Å². The molecule has 5 nitrogen and oxygen atoms in total. The van der Waals surface area contributed by atoms with E-state index in [0.717, 1.165) is 47.2 Å². The van der Waals surface area contributed by atoms with Crippen LogP contribution in [0.1, 0.15) is 74.0 Å². The van der Waals surface area contributed by atoms with Gasteiger partial charge in [0.15, 0.2) is 5.78 Å². The Kier molecular flexibility index (Phi) is 10.2. The van der Waals surface area contributed by atoms with E-state index in [2.05, 4.69) is 93.9 Å². The smallest absolute Gasteiger partial charge is 0.303 e. The quantitative estimate of drug-likeness (QED) is 0.0768. The maximum atomic E-state index is 14.2. The van der Waals surface area contributed by atoms with Gasteiger partial charge in [-0.25, -0.2) is 4.48 Å². The first-order valence-electron chi connectivity index (χ1n) is 16.6. The highest BCUT2D eigenvalue weighted by Gasteiger charge is 2.32. The van der Waals surface area contributed by atoms with Crippen molar-refractivity contribution in [3.8, 4) is 0 Å². The number of benzene rings is 4. The van der Waals surface area contributed by atoms with Crippen molar-refractivity contribution < 1.29 is 14.7 Å². The molecule has 0 spiro atoms. The van der Waals surface area contributed by atoms with Gasteiger partial charge in [0.25, 0.3) is 0 Å². The number of fused-ring (bicyclic) bond motifs is 1. The van der Waals surface area contributed by atoms with Crippen molar-refractivity contribution in [1.29, 1.82) is 0 Å². The second-order valence-corrected chi connectivity index (χ2v) is 13.5. The lowest BCUT2D eigenvalue weighted by atomic mass is 9.99. The van der Waals surface area contributed by atoms with E-state index in [9.17, 15) is 9.59 Å². The first kappa shape index (κ1) is 32.9. The number of ketones is 1. The third-order valence-corrected chi connectivity index (χ3v) is 8.89. The summed E-state index contributed by atoms with van der Waals surface area (Å²) in [6.07, 6.45) is 5.48. The number of rotatable bonds is 14. The molecule has 0 saturated heterocycles. The van der Waals surface area contributed by atoms with E-state index in [0.29, 0.717) is 40.4 Å². The molecule has 0 bridgehead atoms. The third kappa shape index (κ3) is 7.32. The molecule has 0 saturated carbocycles. The maximum absolute atomic E-state index is 14.2. The van der Waals surface area contributed by atoms with Crippen LogP contribution in [0, 0.1) is 11.8 Å². The molecule has 0 radical (unpaired) electrons. The topological polar surface area (TPSA) is 59.3 Å². The van der Waals surface area contributed by atoms with Gasteiger partial charge in [0.1, 0.15) is 17.1 Å². The summed E-state index contributed by atoms with van der Waals surface area (Å²) in [5, 5.41) is 9.96. The minimum absolute atomic E-state index is 0.0200. The van der Waals surface area contributed by atoms with Crippen molar-refractivity contribution in [2.45, 2.75) is 66.3 Å². The van der Waals surface area contributed by atoms with Crippen LogP contribution in [0.25, 0.3) is 10.9 Å². The van der Waals surface area contributed by atoms with Crippen LogP contribution in [-0.2, 0) is 24.2 Å². The van der Waals surface area contributed by atoms with Gasteiger partial charge in [-0.3, -0.25) is 9.59 Å². The zero-order valence-electron chi connectivity index (χ0n) is 27.9. The second kappa shape index (κ2) is 14.3. The number of aryl methyl sites for hydroxylation is 1. The summed E-state index contributed by atoms with van der Waals surface area (Å²) in [6, 6.07) is 33.9. The monoisotopic (exact) mass is 615 g/mol. The molecule has 0 aliphatic carbocycles. The highest BCUT2D eigenvalue weighted by atomic mass is 16.4. The molecule has 0 unspecified atom stereocenters. The minimum Gasteiger partial charge on any atom is -0.481 e. The van der Waals surface area contributed by atoms with Crippen molar-refractivity contribution in [2.75, 3.05) is 7.05 Å². The zero-order valence-corrected chi connectivity index (χ0v) is 27.9. The van der Waals surface area contributed by atoms with Gasteiger partial charge in [-0.05, 0) is 54.7 Å². The Hall–Kier alpha value is -4.48. The molecule has 4 aromatic carbocycles. The van der Waals surface area contributed by atoms with Crippen LogP contribution in [0.3, 0.4) is 0 Å². The molecule has 1 N–H and O–H groups in total. The number of unbranched alkanes of at least 4 members (excludes halogenated alkanes) is 1. The van der Waals surface area contributed by atoms with E-state index in [1.165, 1.54) is 11.1 Å².